The summed E-state index contributed by atoms with van der Waals surface area (Å²) in [6.45, 7) is 0. The van der Waals surface area contributed by atoms with Gasteiger partial charge in [-0.25, -0.2) is 0 Å². The number of nitrogens with two attached hydrogens (primary N) is 2. The molecule has 12 nitrogen and oxygen atoms in total. The summed E-state index contributed by atoms with van der Waals surface area (Å²) in [4.78, 5) is 41.1. The topological polar surface area (TPSA) is 217 Å². The fourth-order valence-electron chi connectivity index (χ4n) is 4.62. The van der Waals surface area contributed by atoms with E-state index in [0.29, 0.717) is 27.4 Å². The van der Waals surface area contributed by atoms with Gasteiger partial charge in [0.1, 0.15) is 12.1 Å². The molecule has 0 radical (unpaired) electrons. The number of aliphatic carboxylic acids is 2. The minimum Gasteiger partial charge on any atom is -0.480 e. The van der Waals surface area contributed by atoms with E-state index in [1.807, 2.05) is 36.5 Å². The van der Waals surface area contributed by atoms with Gasteiger partial charge in [-0.1, -0.05) is 24.3 Å². The fraction of sp³-hybridized carbons (Fsp3) is 0.133. The van der Waals surface area contributed by atoms with Gasteiger partial charge in [-0.15, -0.1) is 0 Å². The highest BCUT2D eigenvalue weighted by atomic mass is 79.9. The van der Waals surface area contributed by atoms with Crippen molar-refractivity contribution >= 4 is 98.1 Å². The summed E-state index contributed by atoms with van der Waals surface area (Å²) in [6.07, 6.45) is 5.64. The Bertz CT molecular complexity index is 2000. The Morgan fingerprint density at radius 2 is 1.31 bits per heavy atom. The van der Waals surface area contributed by atoms with E-state index in [4.69, 9.17) is 21.7 Å². The molecule has 15 heteroatoms. The van der Waals surface area contributed by atoms with E-state index < -0.39 is 28.9 Å². The summed E-state index contributed by atoms with van der Waals surface area (Å²) in [5, 5.41) is 31.2. The van der Waals surface area contributed by atoms with Crippen LogP contribution in [0.4, 0.5) is 5.69 Å². The number of hydrogen-bond donors (Lipinski definition) is 7. The number of para-hydroxylation sites is 2. The zero-order valence-corrected chi connectivity index (χ0v) is 28.0. The van der Waals surface area contributed by atoms with Crippen LogP contribution < -0.4 is 11.5 Å². The molecular formula is C30H27Br3N6O6. The molecule has 0 bridgehead atoms. The monoisotopic (exact) mass is 804 g/mol. The zero-order chi connectivity index (χ0) is 32.8. The lowest BCUT2D eigenvalue weighted by atomic mass is 10.0. The van der Waals surface area contributed by atoms with Gasteiger partial charge < -0.3 is 36.6 Å². The predicted molar refractivity (Wildman–Crippen MR) is 183 cm³/mol. The lowest BCUT2D eigenvalue weighted by Crippen LogP contribution is -2.32. The third kappa shape index (κ3) is 7.99. The normalized spacial score (nSPS) is 12.2. The highest BCUT2D eigenvalue weighted by molar-refractivity contribution is 9.11. The minimum atomic E-state index is -1.15. The summed E-state index contributed by atoms with van der Waals surface area (Å²) >= 11 is 10.2. The molecule has 3 aromatic heterocycles. The average molecular weight is 807 g/mol. The number of carbonyl (C=O) groups is 2. The van der Waals surface area contributed by atoms with Gasteiger partial charge >= 0.3 is 11.9 Å². The maximum Gasteiger partial charge on any atom is 0.320 e. The molecule has 0 unspecified atom stereocenters. The Balaban J connectivity index is 0.000000160. The first-order valence-electron chi connectivity index (χ1n) is 13.2. The van der Waals surface area contributed by atoms with Crippen molar-refractivity contribution in [3.8, 4) is 0 Å². The summed E-state index contributed by atoms with van der Waals surface area (Å²) in [7, 11) is 0. The van der Waals surface area contributed by atoms with Crippen molar-refractivity contribution in [1.82, 2.24) is 15.0 Å². The van der Waals surface area contributed by atoms with Crippen LogP contribution in [-0.4, -0.2) is 54.1 Å². The molecular weight excluding hydrogens is 780 g/mol. The number of nitrogens with zero attached hydrogens (tertiary/aromatic N) is 1. The number of aromatic nitrogens is 3. The van der Waals surface area contributed by atoms with E-state index in [1.54, 1.807) is 18.5 Å². The third-order valence-electron chi connectivity index (χ3n) is 6.84. The molecule has 2 atom stereocenters. The molecule has 6 rings (SSSR count). The van der Waals surface area contributed by atoms with Crippen LogP contribution in [0.15, 0.2) is 86.6 Å². The highest BCUT2D eigenvalue weighted by Gasteiger charge is 2.22. The first-order chi connectivity index (χ1) is 21.4. The van der Waals surface area contributed by atoms with E-state index in [0.717, 1.165) is 25.4 Å². The number of carboxylic acids is 2. The number of non-ortho nitro benzene ring substituents is 1. The summed E-state index contributed by atoms with van der Waals surface area (Å²) in [6, 6.07) is 15.0. The summed E-state index contributed by atoms with van der Waals surface area (Å²) < 4.78 is 2.75. The van der Waals surface area contributed by atoms with Crippen molar-refractivity contribution in [2.75, 3.05) is 0 Å². The van der Waals surface area contributed by atoms with Crippen molar-refractivity contribution in [3.05, 3.63) is 108 Å². The van der Waals surface area contributed by atoms with Gasteiger partial charge in [-0.3, -0.25) is 19.7 Å². The van der Waals surface area contributed by atoms with Gasteiger partial charge in [-0.2, -0.15) is 0 Å². The molecule has 0 saturated heterocycles. The SMILES string of the molecule is Brc1cccc2cc[nH]c12.N[C@@H](Cc1c[nH]c2c(Br)ccc([N+](=O)[O-])c12)C(=O)O.N[C@@H](Cc1c[nH]c2c(Br)cccc12)C(=O)O. The van der Waals surface area contributed by atoms with Crippen LogP contribution in [0.25, 0.3) is 32.7 Å². The molecule has 0 saturated carbocycles. The van der Waals surface area contributed by atoms with Crippen LogP contribution in [0.3, 0.4) is 0 Å². The first kappa shape index (κ1) is 33.9. The minimum absolute atomic E-state index is 0.0205. The van der Waals surface area contributed by atoms with Gasteiger partial charge in [0, 0.05) is 61.7 Å². The van der Waals surface area contributed by atoms with Gasteiger partial charge in [0.15, 0.2) is 0 Å². The molecule has 0 amide bonds. The second-order valence-electron chi connectivity index (χ2n) is 9.84. The smallest absolute Gasteiger partial charge is 0.320 e. The number of halogens is 3. The standard InChI is InChI=1S/C11H10BrN3O4.C11H11BrN2O2.C8H6BrN/c12-6-1-2-8(15(18)19)9-5(4-14-10(6)9)3-7(13)11(16)17;12-8-3-1-2-7-6(5-14-10(7)8)4-9(13)11(15)16;9-7-3-1-2-6-4-5-10-8(6)7/h1-2,4,7,14H,3,13H2,(H,16,17);1-3,5,9,14H,4,13H2,(H,15,16);1-5,10H/t7-;9-;/m00./s1. The Kier molecular flexibility index (Phi) is 11.2. The van der Waals surface area contributed by atoms with Crippen LogP contribution in [0.1, 0.15) is 11.1 Å². The molecule has 0 aliphatic rings. The van der Waals surface area contributed by atoms with E-state index in [2.05, 4.69) is 74.9 Å². The first-order valence-corrected chi connectivity index (χ1v) is 15.6. The Morgan fingerprint density at radius 1 is 0.756 bits per heavy atom. The molecule has 0 aliphatic heterocycles. The quantitative estimate of drug-likeness (QED) is 0.0687. The number of aromatic amines is 3. The lowest BCUT2D eigenvalue weighted by molar-refractivity contribution is -0.383. The molecule has 0 aliphatic carbocycles. The van der Waals surface area contributed by atoms with Crippen molar-refractivity contribution in [1.29, 1.82) is 0 Å². The lowest BCUT2D eigenvalue weighted by Gasteiger charge is -2.05. The maximum atomic E-state index is 11.0. The molecule has 3 heterocycles. The largest absolute Gasteiger partial charge is 0.480 e. The fourth-order valence-corrected chi connectivity index (χ4v) is 6.04. The number of nitrogens with one attached hydrogen (secondary N) is 3. The van der Waals surface area contributed by atoms with E-state index in [1.165, 1.54) is 17.0 Å². The van der Waals surface area contributed by atoms with Crippen molar-refractivity contribution in [2.45, 2.75) is 24.9 Å². The summed E-state index contributed by atoms with van der Waals surface area (Å²) in [5.41, 5.74) is 15.0. The number of benzene rings is 3. The number of fused-ring (bicyclic) bond motifs is 3. The number of hydrogen-bond acceptors (Lipinski definition) is 6. The molecule has 3 aromatic carbocycles. The third-order valence-corrected chi connectivity index (χ3v) is 8.82. The van der Waals surface area contributed by atoms with Crippen LogP contribution in [0.5, 0.6) is 0 Å². The van der Waals surface area contributed by atoms with Gasteiger partial charge in [0.2, 0.25) is 0 Å². The van der Waals surface area contributed by atoms with E-state index in [-0.39, 0.29) is 12.1 Å². The van der Waals surface area contributed by atoms with Crippen molar-refractivity contribution in [3.63, 3.8) is 0 Å². The number of nitro groups is 1. The Hall–Kier alpha value is -4.02. The highest BCUT2D eigenvalue weighted by Crippen LogP contribution is 2.34. The van der Waals surface area contributed by atoms with Gasteiger partial charge in [0.25, 0.3) is 5.69 Å². The summed E-state index contributed by atoms with van der Waals surface area (Å²) in [5.74, 6) is -2.13. The van der Waals surface area contributed by atoms with Crippen LogP contribution in [-0.2, 0) is 22.4 Å². The number of rotatable bonds is 7. The van der Waals surface area contributed by atoms with E-state index >= 15 is 0 Å². The van der Waals surface area contributed by atoms with Crippen molar-refractivity contribution in [2.24, 2.45) is 11.5 Å². The van der Waals surface area contributed by atoms with Crippen molar-refractivity contribution < 1.29 is 24.7 Å². The Labute approximate surface area is 280 Å². The van der Waals surface area contributed by atoms with Gasteiger partial charge in [-0.05, 0) is 83.2 Å². The second-order valence-corrected chi connectivity index (χ2v) is 12.4. The molecule has 234 valence electrons. The maximum absolute atomic E-state index is 11.0. The number of H-pyrrole nitrogens is 3. The van der Waals surface area contributed by atoms with Crippen LogP contribution in [0, 0.1) is 10.1 Å². The van der Waals surface area contributed by atoms with E-state index in [9.17, 15) is 19.7 Å². The Morgan fingerprint density at radius 3 is 1.93 bits per heavy atom. The number of carboxylic acid groups (broad SMARTS) is 2. The number of nitro benzene ring substituents is 1. The molecule has 6 aromatic rings. The second kappa shape index (κ2) is 14.8. The van der Waals surface area contributed by atoms with Crippen LogP contribution in [0.2, 0.25) is 0 Å². The molecule has 45 heavy (non-hydrogen) atoms. The molecule has 0 fully saturated rings. The predicted octanol–water partition coefficient (Wildman–Crippen LogP) is 6.61. The molecule has 9 N–H and O–H groups in total. The molecule has 0 spiro atoms. The van der Waals surface area contributed by atoms with Gasteiger partial charge in [0.05, 0.1) is 26.9 Å². The van der Waals surface area contributed by atoms with Crippen LogP contribution >= 0.6 is 47.8 Å². The zero-order valence-electron chi connectivity index (χ0n) is 23.3. The average Bonchev–Trinajstić information content (AvgIpc) is 3.74.